The standard InChI is InChI=1S/C26H17Cl2F3N2O3S/c1-35-21-6-4-14(9-22(21)36-2)23-7-8-24(37-23)20-11-18(26(29,30)31)17(12-32)25(34)33(20)13-15-3-5-16(27)10-19(15)28/h3-11H,13H2,1-2H3. The van der Waals surface area contributed by atoms with Crippen LogP contribution in [0.5, 0.6) is 11.5 Å². The average molecular weight is 565 g/mol. The van der Waals surface area contributed by atoms with E-state index >= 15 is 0 Å². The van der Waals surface area contributed by atoms with Crippen molar-refractivity contribution in [3.05, 3.63) is 91.7 Å². The Bertz CT molecular complexity index is 1590. The Hall–Kier alpha value is -3.45. The summed E-state index contributed by atoms with van der Waals surface area (Å²) >= 11 is 13.4. The second kappa shape index (κ2) is 10.5. The molecular formula is C26H17Cl2F3N2O3S. The number of methoxy groups -OCH3 is 2. The van der Waals surface area contributed by atoms with Crippen molar-refractivity contribution in [1.82, 2.24) is 4.57 Å². The minimum absolute atomic E-state index is 0.000863. The molecule has 0 atom stereocenters. The SMILES string of the molecule is COc1ccc(-c2ccc(-c3cc(C(F)(F)F)c(C#N)c(=O)n3Cc3ccc(Cl)cc3Cl)s2)cc1OC. The van der Waals surface area contributed by atoms with Crippen LogP contribution in [0, 0.1) is 11.3 Å². The Kier molecular flexibility index (Phi) is 7.55. The van der Waals surface area contributed by atoms with Gasteiger partial charge < -0.3 is 14.0 Å². The van der Waals surface area contributed by atoms with E-state index in [1.165, 1.54) is 37.7 Å². The fourth-order valence-electron chi connectivity index (χ4n) is 3.78. The van der Waals surface area contributed by atoms with Crippen LogP contribution < -0.4 is 15.0 Å². The molecule has 37 heavy (non-hydrogen) atoms. The molecule has 0 saturated carbocycles. The van der Waals surface area contributed by atoms with Gasteiger partial charge >= 0.3 is 6.18 Å². The van der Waals surface area contributed by atoms with Gasteiger partial charge in [-0.15, -0.1) is 11.3 Å². The van der Waals surface area contributed by atoms with Crippen molar-refractivity contribution < 1.29 is 22.6 Å². The number of halogens is 5. The highest BCUT2D eigenvalue weighted by atomic mass is 35.5. The van der Waals surface area contributed by atoms with E-state index < -0.39 is 22.9 Å². The monoisotopic (exact) mass is 564 g/mol. The van der Waals surface area contributed by atoms with E-state index in [0.29, 0.717) is 27.0 Å². The van der Waals surface area contributed by atoms with Gasteiger partial charge in [0.15, 0.2) is 11.5 Å². The summed E-state index contributed by atoms with van der Waals surface area (Å²) in [4.78, 5) is 14.3. The first-order valence-corrected chi connectivity index (χ1v) is 12.2. The summed E-state index contributed by atoms with van der Waals surface area (Å²) in [6, 6.07) is 15.5. The molecule has 0 aliphatic heterocycles. The predicted octanol–water partition coefficient (Wildman–Crippen LogP) is 7.51. The van der Waals surface area contributed by atoms with Gasteiger partial charge in [0.2, 0.25) is 0 Å². The highest BCUT2D eigenvalue weighted by molar-refractivity contribution is 7.18. The number of nitrogens with zero attached hydrogens (tertiary/aromatic N) is 2. The van der Waals surface area contributed by atoms with Gasteiger partial charge in [0.1, 0.15) is 11.6 Å². The summed E-state index contributed by atoms with van der Waals surface area (Å²) < 4.78 is 53.3. The van der Waals surface area contributed by atoms with Gasteiger partial charge in [-0.05, 0) is 59.7 Å². The third kappa shape index (κ3) is 5.32. The van der Waals surface area contributed by atoms with Crippen LogP contribution in [0.1, 0.15) is 16.7 Å². The van der Waals surface area contributed by atoms with Crippen LogP contribution in [-0.4, -0.2) is 18.8 Å². The Morgan fingerprint density at radius 1 is 0.973 bits per heavy atom. The van der Waals surface area contributed by atoms with Gasteiger partial charge in [0, 0.05) is 14.9 Å². The van der Waals surface area contributed by atoms with E-state index in [4.69, 9.17) is 32.7 Å². The molecule has 0 bridgehead atoms. The van der Waals surface area contributed by atoms with E-state index in [-0.39, 0.29) is 17.3 Å². The average Bonchev–Trinajstić information content (AvgIpc) is 3.35. The summed E-state index contributed by atoms with van der Waals surface area (Å²) in [5.41, 5.74) is -2.16. The molecule has 4 aromatic rings. The second-order valence-electron chi connectivity index (χ2n) is 7.79. The Morgan fingerprint density at radius 2 is 1.68 bits per heavy atom. The first-order chi connectivity index (χ1) is 17.6. The quantitative estimate of drug-likeness (QED) is 0.243. The number of rotatable bonds is 6. The normalized spacial score (nSPS) is 11.3. The van der Waals surface area contributed by atoms with Gasteiger partial charge in [-0.1, -0.05) is 29.3 Å². The fourth-order valence-corrected chi connectivity index (χ4v) is 5.28. The van der Waals surface area contributed by atoms with Crippen LogP contribution in [0.4, 0.5) is 13.2 Å². The van der Waals surface area contributed by atoms with Crippen LogP contribution >= 0.6 is 34.5 Å². The zero-order chi connectivity index (χ0) is 26.9. The van der Waals surface area contributed by atoms with Crippen molar-refractivity contribution in [3.8, 4) is 38.6 Å². The Labute approximate surface area is 223 Å². The number of benzene rings is 2. The summed E-state index contributed by atoms with van der Waals surface area (Å²) in [6.45, 7) is -0.166. The van der Waals surface area contributed by atoms with E-state index in [2.05, 4.69) is 0 Å². The van der Waals surface area contributed by atoms with Crippen LogP contribution in [0.2, 0.25) is 10.0 Å². The number of aromatic nitrogens is 1. The second-order valence-corrected chi connectivity index (χ2v) is 9.72. The van der Waals surface area contributed by atoms with E-state index in [1.54, 1.807) is 42.5 Å². The van der Waals surface area contributed by atoms with Crippen LogP contribution in [-0.2, 0) is 12.7 Å². The van der Waals surface area contributed by atoms with Crippen molar-refractivity contribution >= 4 is 34.5 Å². The maximum Gasteiger partial charge on any atom is 0.417 e. The first kappa shape index (κ1) is 26.6. The van der Waals surface area contributed by atoms with Crippen LogP contribution in [0.25, 0.3) is 21.0 Å². The molecule has 0 radical (unpaired) electrons. The Morgan fingerprint density at radius 3 is 2.30 bits per heavy atom. The van der Waals surface area contributed by atoms with Gasteiger partial charge in [0.25, 0.3) is 5.56 Å². The van der Waals surface area contributed by atoms with Gasteiger partial charge in [0.05, 0.1) is 36.9 Å². The maximum absolute atomic E-state index is 13.8. The summed E-state index contributed by atoms with van der Waals surface area (Å²) in [7, 11) is 3.01. The molecule has 0 fully saturated rings. The van der Waals surface area contributed by atoms with Crippen LogP contribution in [0.3, 0.4) is 0 Å². The van der Waals surface area contributed by atoms with Crippen molar-refractivity contribution in [2.75, 3.05) is 14.2 Å². The largest absolute Gasteiger partial charge is 0.493 e. The number of nitriles is 1. The number of ether oxygens (including phenoxy) is 2. The number of thiophene rings is 1. The number of alkyl halides is 3. The summed E-state index contributed by atoms with van der Waals surface area (Å²) in [5.74, 6) is 1.01. The summed E-state index contributed by atoms with van der Waals surface area (Å²) in [5, 5.41) is 10.0. The van der Waals surface area contributed by atoms with Gasteiger partial charge in [-0.2, -0.15) is 18.4 Å². The third-order valence-electron chi connectivity index (χ3n) is 5.59. The molecule has 0 unspecified atom stereocenters. The van der Waals surface area contributed by atoms with E-state index in [9.17, 15) is 23.2 Å². The topological polar surface area (TPSA) is 64.2 Å². The first-order valence-electron chi connectivity index (χ1n) is 10.6. The molecule has 2 heterocycles. The molecule has 0 amide bonds. The fraction of sp³-hybridized carbons (Fsp3) is 0.154. The lowest BCUT2D eigenvalue weighted by Crippen LogP contribution is -2.28. The van der Waals surface area contributed by atoms with Gasteiger partial charge in [-0.25, -0.2) is 0 Å². The molecular weight excluding hydrogens is 548 g/mol. The van der Waals surface area contributed by atoms with Crippen molar-refractivity contribution in [2.45, 2.75) is 12.7 Å². The predicted molar refractivity (Wildman–Crippen MR) is 138 cm³/mol. The maximum atomic E-state index is 13.8. The molecule has 0 aliphatic rings. The molecule has 4 rings (SSSR count). The zero-order valence-electron chi connectivity index (χ0n) is 19.3. The lowest BCUT2D eigenvalue weighted by atomic mass is 10.1. The zero-order valence-corrected chi connectivity index (χ0v) is 21.6. The highest BCUT2D eigenvalue weighted by Gasteiger charge is 2.36. The molecule has 190 valence electrons. The number of pyridine rings is 1. The molecule has 11 heteroatoms. The minimum Gasteiger partial charge on any atom is -0.493 e. The molecule has 2 aromatic carbocycles. The molecule has 0 spiro atoms. The molecule has 0 aliphatic carbocycles. The lowest BCUT2D eigenvalue weighted by Gasteiger charge is -2.17. The van der Waals surface area contributed by atoms with Crippen molar-refractivity contribution in [2.24, 2.45) is 0 Å². The Balaban J connectivity index is 1.91. The molecule has 5 nitrogen and oxygen atoms in total. The molecule has 0 saturated heterocycles. The van der Waals surface area contributed by atoms with Gasteiger partial charge in [-0.3, -0.25) is 4.79 Å². The smallest absolute Gasteiger partial charge is 0.417 e. The summed E-state index contributed by atoms with van der Waals surface area (Å²) in [6.07, 6.45) is -4.90. The third-order valence-corrected chi connectivity index (χ3v) is 7.33. The van der Waals surface area contributed by atoms with Crippen molar-refractivity contribution in [3.63, 3.8) is 0 Å². The van der Waals surface area contributed by atoms with E-state index in [1.807, 2.05) is 0 Å². The minimum atomic E-state index is -4.90. The number of hydrogen-bond donors (Lipinski definition) is 0. The molecule has 0 N–H and O–H groups in total. The lowest BCUT2D eigenvalue weighted by molar-refractivity contribution is -0.137. The van der Waals surface area contributed by atoms with Crippen molar-refractivity contribution in [1.29, 1.82) is 5.26 Å². The molecule has 2 aromatic heterocycles. The highest BCUT2D eigenvalue weighted by Crippen LogP contribution is 2.40. The number of hydrogen-bond acceptors (Lipinski definition) is 5. The van der Waals surface area contributed by atoms with Crippen LogP contribution in [0.15, 0.2) is 59.4 Å². The van der Waals surface area contributed by atoms with E-state index in [0.717, 1.165) is 21.1 Å².